The van der Waals surface area contributed by atoms with Gasteiger partial charge in [0.2, 0.25) is 0 Å². The summed E-state index contributed by atoms with van der Waals surface area (Å²) in [5.41, 5.74) is 0. The molecule has 0 bridgehead atoms. The van der Waals surface area contributed by atoms with Crippen LogP contribution in [0.1, 0.15) is 0 Å². The summed E-state index contributed by atoms with van der Waals surface area (Å²) in [4.78, 5) is 0. The third-order valence-corrected chi connectivity index (χ3v) is 5.40. The van der Waals surface area contributed by atoms with E-state index < -0.39 is 7.92 Å². The van der Waals surface area contributed by atoms with Crippen molar-refractivity contribution in [2.75, 3.05) is 0 Å². The Balaban J connectivity index is 0.00000147. The average Bonchev–Trinajstić information content (AvgIpc) is 2.51. The van der Waals surface area contributed by atoms with Gasteiger partial charge in [-0.15, -0.1) is 5.30 Å². The molecule has 0 aromatic heterocycles. The molecule has 0 heterocycles. The van der Waals surface area contributed by atoms with Crippen LogP contribution in [0.2, 0.25) is 0 Å². The SMILES string of the molecule is [K+].[c-]1cccc(P(c2ccccc2)c2ccccc2)c1. The van der Waals surface area contributed by atoms with Gasteiger partial charge in [0.05, 0.1) is 0 Å². The normalized spacial score (nSPS) is 10.1. The van der Waals surface area contributed by atoms with Crippen LogP contribution in [0.3, 0.4) is 0 Å². The van der Waals surface area contributed by atoms with E-state index >= 15 is 0 Å². The maximum Gasteiger partial charge on any atom is 1.00 e. The van der Waals surface area contributed by atoms with Gasteiger partial charge in [0, 0.05) is 0 Å². The van der Waals surface area contributed by atoms with Gasteiger partial charge in [-0.1, -0.05) is 68.6 Å². The van der Waals surface area contributed by atoms with Crippen molar-refractivity contribution < 1.29 is 51.4 Å². The van der Waals surface area contributed by atoms with E-state index in [9.17, 15) is 0 Å². The Morgan fingerprint density at radius 3 is 1.55 bits per heavy atom. The largest absolute Gasteiger partial charge is 1.00 e. The van der Waals surface area contributed by atoms with Crippen LogP contribution in [0.15, 0.2) is 84.9 Å². The quantitative estimate of drug-likeness (QED) is 0.369. The van der Waals surface area contributed by atoms with Crippen molar-refractivity contribution in [3.05, 3.63) is 91.0 Å². The Labute approximate surface area is 164 Å². The zero-order valence-electron chi connectivity index (χ0n) is 11.5. The summed E-state index contributed by atoms with van der Waals surface area (Å²) in [5, 5.41) is 4.10. The van der Waals surface area contributed by atoms with E-state index in [0.717, 1.165) is 0 Å². The second-order valence-corrected chi connectivity index (χ2v) is 6.49. The second kappa shape index (κ2) is 8.24. The van der Waals surface area contributed by atoms with E-state index in [2.05, 4.69) is 84.9 Å². The van der Waals surface area contributed by atoms with Crippen molar-refractivity contribution in [2.45, 2.75) is 0 Å². The van der Waals surface area contributed by atoms with Gasteiger partial charge < -0.3 is 0 Å². The Morgan fingerprint density at radius 2 is 1.10 bits per heavy atom. The molecular weight excluding hydrogens is 286 g/mol. The fourth-order valence-corrected chi connectivity index (χ4v) is 4.40. The molecule has 0 saturated heterocycles. The molecule has 0 nitrogen and oxygen atoms in total. The molecule has 3 rings (SSSR count). The molecular formula is C18H14KP. The van der Waals surface area contributed by atoms with Crippen molar-refractivity contribution in [2.24, 2.45) is 0 Å². The predicted octanol–water partition coefficient (Wildman–Crippen LogP) is 0.249. The maximum absolute atomic E-state index is 3.20. The van der Waals surface area contributed by atoms with Gasteiger partial charge >= 0.3 is 51.4 Å². The van der Waals surface area contributed by atoms with Crippen LogP contribution in [-0.2, 0) is 0 Å². The minimum absolute atomic E-state index is 0. The number of hydrogen-bond acceptors (Lipinski definition) is 0. The van der Waals surface area contributed by atoms with Gasteiger partial charge in [-0.3, -0.25) is 0 Å². The molecule has 20 heavy (non-hydrogen) atoms. The summed E-state index contributed by atoms with van der Waals surface area (Å²) in [7, 11) is -0.477. The molecule has 0 unspecified atom stereocenters. The van der Waals surface area contributed by atoms with Crippen LogP contribution in [-0.4, -0.2) is 0 Å². The van der Waals surface area contributed by atoms with Gasteiger partial charge in [0.1, 0.15) is 0 Å². The first-order valence-corrected chi connectivity index (χ1v) is 7.66. The molecule has 92 valence electrons. The molecule has 0 spiro atoms. The molecule has 0 amide bonds. The summed E-state index contributed by atoms with van der Waals surface area (Å²) >= 11 is 0. The Kier molecular flexibility index (Phi) is 6.63. The first-order chi connectivity index (χ1) is 9.45. The zero-order chi connectivity index (χ0) is 12.9. The Hall–Kier alpha value is -0.274. The van der Waals surface area contributed by atoms with Crippen LogP contribution < -0.4 is 67.3 Å². The minimum atomic E-state index is -0.477. The average molecular weight is 300 g/mol. The van der Waals surface area contributed by atoms with E-state index in [1.807, 2.05) is 6.07 Å². The van der Waals surface area contributed by atoms with Gasteiger partial charge in [-0.2, -0.15) is 30.3 Å². The van der Waals surface area contributed by atoms with Gasteiger partial charge in [0.25, 0.3) is 0 Å². The fraction of sp³-hybridized carbons (Fsp3) is 0. The van der Waals surface area contributed by atoms with Crippen molar-refractivity contribution in [1.82, 2.24) is 0 Å². The summed E-state index contributed by atoms with van der Waals surface area (Å²) < 4.78 is 0. The van der Waals surface area contributed by atoms with Gasteiger partial charge in [0.15, 0.2) is 0 Å². The molecule has 0 aliphatic carbocycles. The van der Waals surface area contributed by atoms with Crippen molar-refractivity contribution in [3.63, 3.8) is 0 Å². The van der Waals surface area contributed by atoms with Crippen LogP contribution >= 0.6 is 7.92 Å². The summed E-state index contributed by atoms with van der Waals surface area (Å²) in [6.07, 6.45) is 0. The summed E-state index contributed by atoms with van der Waals surface area (Å²) in [5.74, 6) is 0. The smallest absolute Gasteiger partial charge is 0.183 e. The fourth-order valence-electron chi connectivity index (χ4n) is 2.12. The summed E-state index contributed by atoms with van der Waals surface area (Å²) in [6.45, 7) is 0. The van der Waals surface area contributed by atoms with Crippen LogP contribution in [0.25, 0.3) is 0 Å². The molecule has 0 saturated carbocycles. The second-order valence-electron chi connectivity index (χ2n) is 4.27. The minimum Gasteiger partial charge on any atom is -0.183 e. The molecule has 0 N–H and O–H groups in total. The Bertz CT molecular complexity index is 529. The predicted molar refractivity (Wildman–Crippen MR) is 84.0 cm³/mol. The van der Waals surface area contributed by atoms with Crippen molar-refractivity contribution in [3.8, 4) is 0 Å². The molecule has 0 fully saturated rings. The van der Waals surface area contributed by atoms with Gasteiger partial charge in [-0.05, 0) is 10.6 Å². The van der Waals surface area contributed by atoms with Crippen molar-refractivity contribution in [1.29, 1.82) is 0 Å². The molecule has 2 heteroatoms. The topological polar surface area (TPSA) is 0 Å². The van der Waals surface area contributed by atoms with E-state index in [0.29, 0.717) is 0 Å². The number of benzene rings is 3. The standard InChI is InChI=1S/C18H14P.K/c1-4-10-16(11-5-1)19(17-12-6-2-7-13-17)18-14-8-3-9-15-18;/h1-8,10-15H;/q-1;+1. The van der Waals surface area contributed by atoms with E-state index in [4.69, 9.17) is 0 Å². The molecule has 0 atom stereocenters. The molecule has 3 aromatic rings. The van der Waals surface area contributed by atoms with E-state index in [-0.39, 0.29) is 51.4 Å². The summed E-state index contributed by atoms with van der Waals surface area (Å²) in [6, 6.07) is 33.0. The van der Waals surface area contributed by atoms with Crippen LogP contribution in [0, 0.1) is 6.07 Å². The molecule has 0 radical (unpaired) electrons. The van der Waals surface area contributed by atoms with Crippen LogP contribution in [0.4, 0.5) is 0 Å². The van der Waals surface area contributed by atoms with Crippen LogP contribution in [0.5, 0.6) is 0 Å². The first kappa shape index (κ1) is 16.1. The zero-order valence-corrected chi connectivity index (χ0v) is 15.5. The van der Waals surface area contributed by atoms with Gasteiger partial charge in [-0.25, -0.2) is 0 Å². The van der Waals surface area contributed by atoms with Crippen molar-refractivity contribution >= 4 is 23.8 Å². The van der Waals surface area contributed by atoms with E-state index in [1.165, 1.54) is 15.9 Å². The van der Waals surface area contributed by atoms with E-state index in [1.54, 1.807) is 0 Å². The first-order valence-electron chi connectivity index (χ1n) is 6.31. The Morgan fingerprint density at radius 1 is 0.600 bits per heavy atom. The maximum atomic E-state index is 3.20. The molecule has 0 aliphatic rings. The third kappa shape index (κ3) is 3.89. The molecule has 3 aromatic carbocycles. The monoisotopic (exact) mass is 300 g/mol. The molecule has 0 aliphatic heterocycles. The third-order valence-electron chi connectivity index (χ3n) is 2.98. The number of hydrogen-bond donors (Lipinski definition) is 0. The number of rotatable bonds is 3.